The van der Waals surface area contributed by atoms with E-state index in [-0.39, 0.29) is 92.7 Å². The van der Waals surface area contributed by atoms with Crippen LogP contribution in [-0.2, 0) is 83.0 Å². The number of nitrogens with zero attached hydrogens (tertiary/aromatic N) is 2. The summed E-state index contributed by atoms with van der Waals surface area (Å²) in [6, 6.07) is 29.0. The van der Waals surface area contributed by atoms with Gasteiger partial charge in [-0.1, -0.05) is 99.3 Å². The second-order valence-corrected chi connectivity index (χ2v) is 24.2. The summed E-state index contributed by atoms with van der Waals surface area (Å²) in [6.07, 6.45) is 1.44. The number of hydrogen-bond acceptors (Lipinski definition) is 17. The first-order valence-electron chi connectivity index (χ1n) is 30.6. The Hall–Kier alpha value is -7.65. The normalized spacial score (nSPS) is 22.3. The lowest BCUT2D eigenvalue weighted by Crippen LogP contribution is -2.56. The maximum absolute atomic E-state index is 13.8. The number of carbonyl (C=O) groups is 8. The first-order valence-corrected chi connectivity index (χ1v) is 30.6. The maximum atomic E-state index is 13.8. The molecule has 25 heteroatoms. The van der Waals surface area contributed by atoms with Crippen LogP contribution in [0.15, 0.2) is 109 Å². The molecule has 0 aliphatic carbocycles. The van der Waals surface area contributed by atoms with E-state index in [0.29, 0.717) is 44.2 Å². The summed E-state index contributed by atoms with van der Waals surface area (Å²) in [7, 11) is 3.14. The summed E-state index contributed by atoms with van der Waals surface area (Å²) in [5, 5.41) is 19.9. The zero-order valence-electron chi connectivity index (χ0n) is 54.2. The summed E-state index contributed by atoms with van der Waals surface area (Å²) in [6.45, 7) is 18.3. The Labute approximate surface area is 543 Å². The van der Waals surface area contributed by atoms with Crippen LogP contribution in [0, 0.1) is 5.92 Å². The topological polar surface area (TPSA) is 299 Å². The van der Waals surface area contributed by atoms with Crippen molar-refractivity contribution < 1.29 is 85.7 Å². The number of rotatable bonds is 28. The summed E-state index contributed by atoms with van der Waals surface area (Å²) in [5.74, 6) is -2.31. The van der Waals surface area contributed by atoms with Gasteiger partial charge in [0, 0.05) is 60.5 Å². The van der Waals surface area contributed by atoms with Crippen molar-refractivity contribution in [2.45, 2.75) is 161 Å². The summed E-state index contributed by atoms with van der Waals surface area (Å²) >= 11 is 0. The van der Waals surface area contributed by atoms with E-state index in [2.05, 4.69) is 26.2 Å². The van der Waals surface area contributed by atoms with Gasteiger partial charge in [-0.05, 0) is 108 Å². The minimum absolute atomic E-state index is 0. The molecule has 4 aliphatic heterocycles. The van der Waals surface area contributed by atoms with Crippen molar-refractivity contribution in [2.24, 2.45) is 11.7 Å². The van der Waals surface area contributed by atoms with Crippen molar-refractivity contribution in [3.8, 4) is 11.5 Å². The Bertz CT molecular complexity index is 2980. The predicted octanol–water partition coefficient (Wildman–Crippen LogP) is 5.48. The Morgan fingerprint density at radius 3 is 1.17 bits per heavy atom. The SMILES string of the molecule is C.COc1ccc(C[C@H](NC(=O)[C@H](C)CC(=O)CN2C[C@@H](C)O[C@@H](C)C2)C(=O)N[C@@H](Cc2ccccc2)C(=O)[C@@]2(C)CO2)cc1.COc1ccc(C[C@H](NC(=O)[C@H](C)N)C(=O)N[C@@H](Cc2ccccc2)C(=O)[C@@]2(C)CO2)cc1.C[C@@H]1CN(CC(=O)O)C[C@H](C)O1.F.FF. The lowest BCUT2D eigenvalue weighted by molar-refractivity contribution is -0.141. The fourth-order valence-electron chi connectivity index (χ4n) is 10.7. The van der Waals surface area contributed by atoms with Crippen molar-refractivity contribution in [3.63, 3.8) is 0 Å². The lowest BCUT2D eigenvalue weighted by atomic mass is 9.94. The molecule has 0 bridgehead atoms. The van der Waals surface area contributed by atoms with Crippen molar-refractivity contribution >= 4 is 46.9 Å². The van der Waals surface area contributed by atoms with E-state index in [9.17, 15) is 38.4 Å². The molecule has 0 aromatic heterocycles. The second kappa shape index (κ2) is 38.5. The molecule has 4 fully saturated rings. The smallest absolute Gasteiger partial charge is 0.317 e. The minimum atomic E-state index is -0.978. The summed E-state index contributed by atoms with van der Waals surface area (Å²) < 4.78 is 48.4. The number of nitrogens with two attached hydrogens (primary N) is 1. The van der Waals surface area contributed by atoms with Gasteiger partial charge in [-0.25, -0.2) is 0 Å². The van der Waals surface area contributed by atoms with Crippen molar-refractivity contribution in [1.82, 2.24) is 31.1 Å². The first kappa shape index (κ1) is 79.6. The molecule has 4 aliphatic rings. The third kappa shape index (κ3) is 26.7. The predicted molar refractivity (Wildman–Crippen MR) is 345 cm³/mol. The van der Waals surface area contributed by atoms with E-state index < -0.39 is 76.9 Å². The van der Waals surface area contributed by atoms with Gasteiger partial charge in [0.25, 0.3) is 0 Å². The third-order valence-corrected chi connectivity index (χ3v) is 15.6. The largest absolute Gasteiger partial charge is 0.497 e. The Kier molecular flexibility index (Phi) is 33.0. The lowest BCUT2D eigenvalue weighted by Gasteiger charge is -2.34. The Morgan fingerprint density at radius 2 is 0.849 bits per heavy atom. The number of hydrogen-bond donors (Lipinski definition) is 6. The van der Waals surface area contributed by atoms with Gasteiger partial charge >= 0.3 is 5.97 Å². The standard InChI is InChI=1S/C34H45N3O7.C25H31N3O5.C8H15NO3.CH4.F2.FH/c1-22(15-27(38)20-37-18-23(2)44-24(3)19-37)32(40)36-30(17-26-11-13-28(42-5)14-12-26)33(41)35-29(31(39)34(4)21-43-34)16-25-9-7-6-8-10-25;1-16(26)23(30)28-21(14-18-9-11-19(32-3)12-10-18)24(31)27-20(22(29)25(2)15-33-25)13-17-7-5-4-6-8-17;1-6-3-9(5-8(10)11)4-7(2)12-6;;1-2;/h6-14,22-24,29-30H,15-21H2,1-5H3,(H,35,41)(H,36,40);4-12,16,20-21H,13-15,26H2,1-3H3,(H,27,31)(H,28,30);6-7H,3-5H2,1-2H3,(H,10,11);1H4;;1H/t22-,23-,24+,29+,30+,34-;16-,20-,21-,25+;6-,7+;;;/m10..../s1. The van der Waals surface area contributed by atoms with Crippen LogP contribution >= 0.6 is 0 Å². The molecular formula is C68H96F3N7O15. The van der Waals surface area contributed by atoms with Crippen LogP contribution in [0.25, 0.3) is 0 Å². The van der Waals surface area contributed by atoms with Crippen LogP contribution in [0.1, 0.15) is 91.5 Å². The number of carboxylic acid groups (broad SMARTS) is 1. The molecule has 8 rings (SSSR count). The van der Waals surface area contributed by atoms with E-state index in [1.807, 2.05) is 118 Å². The zero-order chi connectivity index (χ0) is 67.0. The molecule has 0 unspecified atom stereocenters. The van der Waals surface area contributed by atoms with Crippen molar-refractivity contribution in [2.75, 3.05) is 66.7 Å². The first-order chi connectivity index (χ1) is 43.2. The van der Waals surface area contributed by atoms with E-state index in [4.69, 9.17) is 48.4 Å². The molecule has 514 valence electrons. The van der Waals surface area contributed by atoms with Crippen LogP contribution < -0.4 is 36.5 Å². The molecule has 4 amide bonds. The Balaban J connectivity index is 0.000000404. The number of aliphatic carboxylic acids is 1. The van der Waals surface area contributed by atoms with E-state index in [1.165, 1.54) is 0 Å². The van der Waals surface area contributed by atoms with Crippen molar-refractivity contribution in [3.05, 3.63) is 131 Å². The number of epoxide rings is 2. The number of amides is 4. The number of carboxylic acids is 1. The molecule has 0 radical (unpaired) electrons. The number of benzene rings is 4. The quantitative estimate of drug-likeness (QED) is 0.0384. The second-order valence-electron chi connectivity index (χ2n) is 24.2. The molecule has 0 saturated carbocycles. The van der Waals surface area contributed by atoms with E-state index in [1.54, 1.807) is 66.2 Å². The molecule has 4 aromatic rings. The highest BCUT2D eigenvalue weighted by atomic mass is 20.0. The van der Waals surface area contributed by atoms with Gasteiger partial charge in [-0.2, -0.15) is 0 Å². The highest BCUT2D eigenvalue weighted by molar-refractivity contribution is 5.99. The zero-order valence-corrected chi connectivity index (χ0v) is 54.2. The van der Waals surface area contributed by atoms with Gasteiger partial charge in [-0.3, -0.25) is 52.9 Å². The van der Waals surface area contributed by atoms with Gasteiger partial charge in [0.2, 0.25) is 23.6 Å². The fraction of sp³-hybridized carbons (Fsp3) is 0.529. The van der Waals surface area contributed by atoms with Crippen LogP contribution in [0.4, 0.5) is 13.9 Å². The van der Waals surface area contributed by atoms with Gasteiger partial charge in [0.1, 0.15) is 40.6 Å². The number of Topliss-reactive ketones (excluding diaryl/α,β-unsaturated/α-hetero) is 3. The molecule has 12 atom stereocenters. The monoisotopic (exact) mass is 1310 g/mol. The van der Waals surface area contributed by atoms with Crippen molar-refractivity contribution in [1.29, 1.82) is 0 Å². The molecule has 4 heterocycles. The number of halogens is 3. The number of methoxy groups -OCH3 is 2. The molecule has 0 spiro atoms. The van der Waals surface area contributed by atoms with E-state index >= 15 is 0 Å². The van der Waals surface area contributed by atoms with Crippen LogP contribution in [0.3, 0.4) is 0 Å². The van der Waals surface area contributed by atoms with Crippen LogP contribution in [-0.4, -0.2) is 194 Å². The number of nitrogens with one attached hydrogen (secondary N) is 4. The molecule has 4 saturated heterocycles. The van der Waals surface area contributed by atoms with Gasteiger partial charge in [0.05, 0.1) is 83.1 Å². The molecule has 4 aromatic carbocycles. The average molecular weight is 1310 g/mol. The van der Waals surface area contributed by atoms with Gasteiger partial charge in [-0.15, -0.1) is 0 Å². The third-order valence-electron chi connectivity index (χ3n) is 15.6. The van der Waals surface area contributed by atoms with Crippen LogP contribution in [0.5, 0.6) is 11.5 Å². The molecule has 93 heavy (non-hydrogen) atoms. The number of ether oxygens (including phenoxy) is 6. The summed E-state index contributed by atoms with van der Waals surface area (Å²) in [4.78, 5) is 107. The average Bonchev–Trinajstić information content (AvgIpc) is 1.66. The molecule has 7 N–H and O–H groups in total. The number of ketones is 3. The molecule has 22 nitrogen and oxygen atoms in total. The fourth-order valence-corrected chi connectivity index (χ4v) is 10.7. The Morgan fingerprint density at radius 1 is 0.538 bits per heavy atom. The maximum Gasteiger partial charge on any atom is 0.317 e. The number of carbonyl (C=O) groups excluding carboxylic acids is 7. The van der Waals surface area contributed by atoms with E-state index in [0.717, 1.165) is 35.3 Å². The summed E-state index contributed by atoms with van der Waals surface area (Å²) in [5.41, 5.74) is 7.29. The molecular weight excluding hydrogens is 1210 g/mol. The van der Waals surface area contributed by atoms with Gasteiger partial charge < -0.3 is 60.5 Å². The van der Waals surface area contributed by atoms with Crippen LogP contribution in [0.2, 0.25) is 0 Å². The van der Waals surface area contributed by atoms with Gasteiger partial charge in [0.15, 0.2) is 11.6 Å². The minimum Gasteiger partial charge on any atom is -0.497 e. The number of morpholine rings is 2. The highest BCUT2D eigenvalue weighted by Gasteiger charge is 2.51. The highest BCUT2D eigenvalue weighted by Crippen LogP contribution is 2.31.